The SMILES string of the molecule is CCNC(CO)(CN(CC)C(C)COC)C1CC1. The first-order chi connectivity index (χ1) is 8.63. The molecule has 1 saturated carbocycles. The van der Waals surface area contributed by atoms with E-state index in [1.165, 1.54) is 12.8 Å². The third-order valence-corrected chi connectivity index (χ3v) is 4.09. The third-order valence-electron chi connectivity index (χ3n) is 4.09. The van der Waals surface area contributed by atoms with Crippen molar-refractivity contribution in [2.24, 2.45) is 5.92 Å². The van der Waals surface area contributed by atoms with Gasteiger partial charge < -0.3 is 15.2 Å². The van der Waals surface area contributed by atoms with Crippen LogP contribution in [0.3, 0.4) is 0 Å². The molecule has 18 heavy (non-hydrogen) atoms. The lowest BCUT2D eigenvalue weighted by Crippen LogP contribution is -2.59. The zero-order valence-corrected chi connectivity index (χ0v) is 12.4. The highest BCUT2D eigenvalue weighted by Crippen LogP contribution is 2.40. The molecule has 0 aliphatic heterocycles. The van der Waals surface area contributed by atoms with Crippen molar-refractivity contribution in [2.75, 3.05) is 40.0 Å². The van der Waals surface area contributed by atoms with E-state index in [4.69, 9.17) is 4.74 Å². The van der Waals surface area contributed by atoms with Crippen molar-refractivity contribution in [1.29, 1.82) is 0 Å². The molecule has 0 aromatic rings. The molecular formula is C14H30N2O2. The van der Waals surface area contributed by atoms with Gasteiger partial charge in [-0.15, -0.1) is 0 Å². The maximum absolute atomic E-state index is 9.85. The smallest absolute Gasteiger partial charge is 0.0628 e. The molecule has 0 radical (unpaired) electrons. The highest BCUT2D eigenvalue weighted by Gasteiger charge is 2.45. The number of hydrogen-bond acceptors (Lipinski definition) is 4. The van der Waals surface area contributed by atoms with Crippen LogP contribution in [0.5, 0.6) is 0 Å². The Hall–Kier alpha value is -0.160. The van der Waals surface area contributed by atoms with Crippen LogP contribution >= 0.6 is 0 Å². The van der Waals surface area contributed by atoms with Crippen molar-refractivity contribution in [2.45, 2.75) is 45.2 Å². The lowest BCUT2D eigenvalue weighted by atomic mass is 9.92. The van der Waals surface area contributed by atoms with Gasteiger partial charge in [0.25, 0.3) is 0 Å². The second-order valence-corrected chi connectivity index (χ2v) is 5.49. The van der Waals surface area contributed by atoms with Crippen molar-refractivity contribution in [3.8, 4) is 0 Å². The fraction of sp³-hybridized carbons (Fsp3) is 1.00. The van der Waals surface area contributed by atoms with Gasteiger partial charge in [-0.1, -0.05) is 13.8 Å². The predicted octanol–water partition coefficient (Wildman–Crippen LogP) is 1.09. The van der Waals surface area contributed by atoms with Crippen LogP contribution in [-0.4, -0.2) is 61.5 Å². The molecule has 1 rings (SSSR count). The van der Waals surface area contributed by atoms with E-state index in [1.807, 2.05) is 0 Å². The van der Waals surface area contributed by atoms with E-state index < -0.39 is 0 Å². The van der Waals surface area contributed by atoms with Gasteiger partial charge in [0.1, 0.15) is 0 Å². The van der Waals surface area contributed by atoms with Gasteiger partial charge in [-0.25, -0.2) is 0 Å². The average Bonchev–Trinajstić information content (AvgIpc) is 3.19. The van der Waals surface area contributed by atoms with Gasteiger partial charge in [-0.05, 0) is 38.8 Å². The number of likely N-dealkylation sites (N-methyl/N-ethyl adjacent to an activating group) is 2. The molecule has 2 unspecified atom stereocenters. The average molecular weight is 258 g/mol. The van der Waals surface area contributed by atoms with Gasteiger partial charge in [-0.2, -0.15) is 0 Å². The van der Waals surface area contributed by atoms with E-state index in [1.54, 1.807) is 7.11 Å². The molecule has 0 aromatic carbocycles. The third kappa shape index (κ3) is 3.92. The van der Waals surface area contributed by atoms with E-state index >= 15 is 0 Å². The van der Waals surface area contributed by atoms with Crippen LogP contribution in [0.15, 0.2) is 0 Å². The molecule has 0 amide bonds. The maximum atomic E-state index is 9.85. The van der Waals surface area contributed by atoms with Crippen molar-refractivity contribution in [3.05, 3.63) is 0 Å². The van der Waals surface area contributed by atoms with Crippen LogP contribution in [0, 0.1) is 5.92 Å². The Balaban J connectivity index is 2.67. The maximum Gasteiger partial charge on any atom is 0.0628 e. The van der Waals surface area contributed by atoms with Crippen LogP contribution in [-0.2, 0) is 4.74 Å². The molecule has 4 heteroatoms. The summed E-state index contributed by atoms with van der Waals surface area (Å²) in [5.74, 6) is 0.631. The molecule has 0 spiro atoms. The van der Waals surface area contributed by atoms with E-state index in [9.17, 15) is 5.11 Å². The molecule has 1 aliphatic carbocycles. The number of aliphatic hydroxyl groups excluding tert-OH is 1. The van der Waals surface area contributed by atoms with Crippen molar-refractivity contribution in [3.63, 3.8) is 0 Å². The largest absolute Gasteiger partial charge is 0.394 e. The highest BCUT2D eigenvalue weighted by atomic mass is 16.5. The first-order valence-corrected chi connectivity index (χ1v) is 7.22. The van der Waals surface area contributed by atoms with Gasteiger partial charge in [-0.3, -0.25) is 4.90 Å². The minimum atomic E-state index is -0.118. The lowest BCUT2D eigenvalue weighted by Gasteiger charge is -2.40. The Labute approximate surface area is 112 Å². The molecular weight excluding hydrogens is 228 g/mol. The van der Waals surface area contributed by atoms with Crippen LogP contribution < -0.4 is 5.32 Å². The molecule has 1 fully saturated rings. The summed E-state index contributed by atoms with van der Waals surface area (Å²) in [4.78, 5) is 2.40. The van der Waals surface area contributed by atoms with E-state index in [2.05, 4.69) is 31.0 Å². The van der Waals surface area contributed by atoms with Crippen molar-refractivity contribution in [1.82, 2.24) is 10.2 Å². The highest BCUT2D eigenvalue weighted by molar-refractivity contribution is 5.03. The number of methoxy groups -OCH3 is 1. The van der Waals surface area contributed by atoms with E-state index in [-0.39, 0.29) is 12.1 Å². The summed E-state index contributed by atoms with van der Waals surface area (Å²) < 4.78 is 5.25. The number of ether oxygens (including phenoxy) is 1. The van der Waals surface area contributed by atoms with E-state index in [0.29, 0.717) is 12.0 Å². The van der Waals surface area contributed by atoms with E-state index in [0.717, 1.165) is 26.2 Å². The topological polar surface area (TPSA) is 44.7 Å². The number of rotatable bonds is 10. The fourth-order valence-corrected chi connectivity index (χ4v) is 2.84. The Kier molecular flexibility index (Phi) is 6.57. The number of nitrogens with one attached hydrogen (secondary N) is 1. The molecule has 1 aliphatic rings. The Bertz CT molecular complexity index is 234. The molecule has 0 heterocycles. The lowest BCUT2D eigenvalue weighted by molar-refractivity contribution is 0.0489. The summed E-state index contributed by atoms with van der Waals surface area (Å²) in [5, 5.41) is 13.4. The Morgan fingerprint density at radius 3 is 2.50 bits per heavy atom. The van der Waals surface area contributed by atoms with Crippen LogP contribution in [0.4, 0.5) is 0 Å². The minimum absolute atomic E-state index is 0.118. The van der Waals surface area contributed by atoms with Crippen LogP contribution in [0.2, 0.25) is 0 Å². The molecule has 2 N–H and O–H groups in total. The number of aliphatic hydroxyl groups is 1. The molecule has 2 atom stereocenters. The van der Waals surface area contributed by atoms with Crippen molar-refractivity contribution < 1.29 is 9.84 Å². The number of nitrogens with zero attached hydrogens (tertiary/aromatic N) is 1. The minimum Gasteiger partial charge on any atom is -0.394 e. The first kappa shape index (κ1) is 15.9. The quantitative estimate of drug-likeness (QED) is 0.616. The normalized spacial score (nSPS) is 21.0. The number of hydrogen-bond donors (Lipinski definition) is 2. The summed E-state index contributed by atoms with van der Waals surface area (Å²) >= 11 is 0. The molecule has 0 saturated heterocycles. The van der Waals surface area contributed by atoms with Crippen molar-refractivity contribution >= 4 is 0 Å². The zero-order chi connectivity index (χ0) is 13.6. The zero-order valence-electron chi connectivity index (χ0n) is 12.4. The standard InChI is InChI=1S/C14H30N2O2/c1-5-15-14(11-17,13-7-8-13)10-16(6-2)12(3)9-18-4/h12-13,15,17H,5-11H2,1-4H3. The molecule has 0 aromatic heterocycles. The Morgan fingerprint density at radius 1 is 1.44 bits per heavy atom. The molecule has 108 valence electrons. The van der Waals surface area contributed by atoms with Gasteiger partial charge in [0, 0.05) is 19.7 Å². The Morgan fingerprint density at radius 2 is 2.11 bits per heavy atom. The summed E-state index contributed by atoms with van der Waals surface area (Å²) in [7, 11) is 1.74. The van der Waals surface area contributed by atoms with Gasteiger partial charge in [0.05, 0.1) is 18.8 Å². The predicted molar refractivity (Wildman–Crippen MR) is 74.8 cm³/mol. The fourth-order valence-electron chi connectivity index (χ4n) is 2.84. The van der Waals surface area contributed by atoms with Gasteiger partial charge in [0.2, 0.25) is 0 Å². The van der Waals surface area contributed by atoms with Gasteiger partial charge >= 0.3 is 0 Å². The molecule has 0 bridgehead atoms. The monoisotopic (exact) mass is 258 g/mol. The summed E-state index contributed by atoms with van der Waals surface area (Å²) in [5.41, 5.74) is -0.118. The van der Waals surface area contributed by atoms with Crippen LogP contribution in [0.1, 0.15) is 33.6 Å². The second-order valence-electron chi connectivity index (χ2n) is 5.49. The second kappa shape index (κ2) is 7.43. The summed E-state index contributed by atoms with van der Waals surface area (Å²) in [6.07, 6.45) is 2.48. The van der Waals surface area contributed by atoms with Gasteiger partial charge in [0.15, 0.2) is 0 Å². The summed E-state index contributed by atoms with van der Waals surface area (Å²) in [6.45, 7) is 10.2. The summed E-state index contributed by atoms with van der Waals surface area (Å²) in [6, 6.07) is 0.392. The first-order valence-electron chi connectivity index (χ1n) is 7.22. The van der Waals surface area contributed by atoms with Crippen LogP contribution in [0.25, 0.3) is 0 Å². The molecule has 4 nitrogen and oxygen atoms in total.